The van der Waals surface area contributed by atoms with E-state index in [1.807, 2.05) is 12.1 Å². The van der Waals surface area contributed by atoms with Crippen molar-refractivity contribution in [1.29, 1.82) is 0 Å². The van der Waals surface area contributed by atoms with E-state index < -0.39 is 0 Å². The number of rotatable bonds is 8. The summed E-state index contributed by atoms with van der Waals surface area (Å²) in [6.45, 7) is 13.4. The van der Waals surface area contributed by atoms with Gasteiger partial charge in [0.15, 0.2) is 0 Å². The van der Waals surface area contributed by atoms with Crippen LogP contribution in [0.4, 0.5) is 28.4 Å². The van der Waals surface area contributed by atoms with Gasteiger partial charge in [-0.2, -0.15) is 10.2 Å². The molecule has 0 aromatic heterocycles. The van der Waals surface area contributed by atoms with E-state index in [1.54, 1.807) is 24.3 Å². The summed E-state index contributed by atoms with van der Waals surface area (Å²) in [6.07, 6.45) is 0. The molecule has 0 aliphatic carbocycles. The summed E-state index contributed by atoms with van der Waals surface area (Å²) in [5.74, 6) is -0.382. The van der Waals surface area contributed by atoms with Gasteiger partial charge in [0.05, 0.1) is 24.0 Å². The molecule has 0 unspecified atom stereocenters. The number of azo groups is 1. The van der Waals surface area contributed by atoms with Gasteiger partial charge in [-0.05, 0) is 117 Å². The Bertz CT molecular complexity index is 2000. The van der Waals surface area contributed by atoms with Gasteiger partial charge in [-0.15, -0.1) is 0 Å². The molecule has 0 fully saturated rings. The largest absolute Gasteiger partial charge is 0.465 e. The zero-order valence-electron chi connectivity index (χ0n) is 30.5. The standard InChI is InChI=1S/C46H45N3O2/c1-45(2,3)37-18-8-32(9-19-37)34-14-26-41(27-15-34)49(42-28-16-35(17-29-42)33-10-20-38(21-11-33)46(4,5)6)43-30-24-40(25-31-43)48-47-39-22-12-36(13-23-39)44(50)51-7/h8-31H,1-7H3. The zero-order valence-corrected chi connectivity index (χ0v) is 30.5. The Morgan fingerprint density at radius 1 is 0.451 bits per heavy atom. The molecule has 0 bridgehead atoms. The van der Waals surface area contributed by atoms with Crippen molar-refractivity contribution in [3.8, 4) is 22.3 Å². The van der Waals surface area contributed by atoms with Crippen LogP contribution < -0.4 is 4.90 Å². The third kappa shape index (κ3) is 8.33. The van der Waals surface area contributed by atoms with Gasteiger partial charge in [0.1, 0.15) is 0 Å². The maximum atomic E-state index is 11.8. The average molecular weight is 672 g/mol. The Kier molecular flexibility index (Phi) is 10.0. The van der Waals surface area contributed by atoms with Crippen LogP contribution in [0.2, 0.25) is 0 Å². The van der Waals surface area contributed by atoms with Crippen LogP contribution in [-0.2, 0) is 15.6 Å². The van der Waals surface area contributed by atoms with Crippen molar-refractivity contribution >= 4 is 34.4 Å². The minimum atomic E-state index is -0.382. The number of anilines is 3. The van der Waals surface area contributed by atoms with Crippen LogP contribution in [0.3, 0.4) is 0 Å². The summed E-state index contributed by atoms with van der Waals surface area (Å²) >= 11 is 0. The lowest BCUT2D eigenvalue weighted by atomic mass is 9.86. The number of ether oxygens (including phenoxy) is 1. The Labute approximate surface area is 302 Å². The lowest BCUT2D eigenvalue weighted by Crippen LogP contribution is -2.10. The Morgan fingerprint density at radius 2 is 0.745 bits per heavy atom. The highest BCUT2D eigenvalue weighted by atomic mass is 16.5. The third-order valence-electron chi connectivity index (χ3n) is 9.10. The molecule has 0 spiro atoms. The summed E-state index contributed by atoms with van der Waals surface area (Å²) in [7, 11) is 1.37. The van der Waals surface area contributed by atoms with Crippen LogP contribution in [-0.4, -0.2) is 13.1 Å². The maximum Gasteiger partial charge on any atom is 0.337 e. The summed E-state index contributed by atoms with van der Waals surface area (Å²) in [4.78, 5) is 14.0. The van der Waals surface area contributed by atoms with Crippen LogP contribution in [0.25, 0.3) is 22.3 Å². The number of methoxy groups -OCH3 is 1. The number of nitrogens with zero attached hydrogens (tertiary/aromatic N) is 3. The molecule has 6 aromatic rings. The van der Waals surface area contributed by atoms with E-state index in [0.29, 0.717) is 11.3 Å². The molecule has 6 aromatic carbocycles. The number of hydrogen-bond acceptors (Lipinski definition) is 5. The first-order chi connectivity index (χ1) is 24.4. The summed E-state index contributed by atoms with van der Waals surface area (Å²) in [6, 6.07) is 50.1. The molecule has 0 heterocycles. The van der Waals surface area contributed by atoms with Crippen molar-refractivity contribution < 1.29 is 9.53 Å². The zero-order chi connectivity index (χ0) is 36.2. The lowest BCUT2D eigenvalue weighted by Gasteiger charge is -2.26. The van der Waals surface area contributed by atoms with Crippen molar-refractivity contribution in [2.24, 2.45) is 10.2 Å². The van der Waals surface area contributed by atoms with Gasteiger partial charge in [-0.25, -0.2) is 4.79 Å². The molecule has 0 radical (unpaired) electrons. The second-order valence-corrected chi connectivity index (χ2v) is 14.8. The molecule has 0 saturated carbocycles. The normalized spacial score (nSPS) is 11.8. The molecule has 51 heavy (non-hydrogen) atoms. The van der Waals surface area contributed by atoms with Gasteiger partial charge in [0.2, 0.25) is 0 Å². The van der Waals surface area contributed by atoms with Crippen LogP contribution in [0.15, 0.2) is 156 Å². The number of carbonyl (C=O) groups excluding carboxylic acids is 1. The van der Waals surface area contributed by atoms with Crippen molar-refractivity contribution in [2.45, 2.75) is 52.4 Å². The van der Waals surface area contributed by atoms with E-state index in [9.17, 15) is 4.79 Å². The molecule has 0 atom stereocenters. The van der Waals surface area contributed by atoms with Gasteiger partial charge in [0.25, 0.3) is 0 Å². The van der Waals surface area contributed by atoms with Gasteiger partial charge in [-0.3, -0.25) is 0 Å². The second-order valence-electron chi connectivity index (χ2n) is 14.8. The highest BCUT2D eigenvalue weighted by molar-refractivity contribution is 5.89. The van der Waals surface area contributed by atoms with Gasteiger partial charge in [-0.1, -0.05) is 114 Å². The molecule has 0 aliphatic rings. The minimum Gasteiger partial charge on any atom is -0.465 e. The monoisotopic (exact) mass is 671 g/mol. The highest BCUT2D eigenvalue weighted by Gasteiger charge is 2.16. The Hall–Kier alpha value is -5.81. The predicted molar refractivity (Wildman–Crippen MR) is 211 cm³/mol. The second kappa shape index (κ2) is 14.6. The minimum absolute atomic E-state index is 0.114. The van der Waals surface area contributed by atoms with E-state index in [0.717, 1.165) is 22.7 Å². The summed E-state index contributed by atoms with van der Waals surface area (Å²) in [5, 5.41) is 8.81. The first-order valence-corrected chi connectivity index (χ1v) is 17.3. The number of benzene rings is 6. The first-order valence-electron chi connectivity index (χ1n) is 17.3. The van der Waals surface area contributed by atoms with Crippen molar-refractivity contribution in [2.75, 3.05) is 12.0 Å². The van der Waals surface area contributed by atoms with Crippen LogP contribution in [0, 0.1) is 0 Å². The molecule has 0 aliphatic heterocycles. The molecular formula is C46H45N3O2. The van der Waals surface area contributed by atoms with Gasteiger partial charge in [0, 0.05) is 17.1 Å². The molecule has 256 valence electrons. The van der Waals surface area contributed by atoms with Crippen molar-refractivity contribution in [1.82, 2.24) is 0 Å². The molecule has 0 saturated heterocycles. The summed E-state index contributed by atoms with van der Waals surface area (Å²) in [5.41, 5.74) is 12.5. The number of esters is 1. The smallest absolute Gasteiger partial charge is 0.337 e. The molecule has 5 heteroatoms. The molecule has 6 rings (SSSR count). The lowest BCUT2D eigenvalue weighted by molar-refractivity contribution is 0.0600. The third-order valence-corrected chi connectivity index (χ3v) is 9.10. The maximum absolute atomic E-state index is 11.8. The van der Waals surface area contributed by atoms with E-state index in [1.165, 1.54) is 40.5 Å². The topological polar surface area (TPSA) is 54.3 Å². The SMILES string of the molecule is COC(=O)c1ccc(N=Nc2ccc(N(c3ccc(-c4ccc(C(C)(C)C)cc4)cc3)c3ccc(-c4ccc(C(C)(C)C)cc4)cc3)cc2)cc1. The fourth-order valence-corrected chi connectivity index (χ4v) is 5.94. The van der Waals surface area contributed by atoms with Crippen LogP contribution >= 0.6 is 0 Å². The molecule has 5 nitrogen and oxygen atoms in total. The highest BCUT2D eigenvalue weighted by Crippen LogP contribution is 2.38. The Morgan fingerprint density at radius 3 is 1.06 bits per heavy atom. The fraction of sp³-hybridized carbons (Fsp3) is 0.196. The molecule has 0 N–H and O–H groups in total. The summed E-state index contributed by atoms with van der Waals surface area (Å²) < 4.78 is 4.78. The van der Waals surface area contributed by atoms with Crippen molar-refractivity contribution in [3.63, 3.8) is 0 Å². The van der Waals surface area contributed by atoms with E-state index in [4.69, 9.17) is 4.74 Å². The Balaban J connectivity index is 1.29. The van der Waals surface area contributed by atoms with E-state index in [2.05, 4.69) is 166 Å². The quantitative estimate of drug-likeness (QED) is 0.120. The van der Waals surface area contributed by atoms with Crippen LogP contribution in [0.1, 0.15) is 63.0 Å². The van der Waals surface area contributed by atoms with E-state index >= 15 is 0 Å². The van der Waals surface area contributed by atoms with Crippen molar-refractivity contribution in [3.05, 3.63) is 162 Å². The average Bonchev–Trinajstić information content (AvgIpc) is 3.14. The number of carbonyl (C=O) groups is 1. The number of hydrogen-bond donors (Lipinski definition) is 0. The fourth-order valence-electron chi connectivity index (χ4n) is 5.94. The molecule has 0 amide bonds. The predicted octanol–water partition coefficient (Wildman–Crippen LogP) is 13.3. The van der Waals surface area contributed by atoms with E-state index in [-0.39, 0.29) is 16.8 Å². The van der Waals surface area contributed by atoms with Gasteiger partial charge >= 0.3 is 5.97 Å². The van der Waals surface area contributed by atoms with Crippen LogP contribution in [0.5, 0.6) is 0 Å². The first kappa shape index (κ1) is 35.0. The van der Waals surface area contributed by atoms with Gasteiger partial charge < -0.3 is 9.64 Å². The molecular weight excluding hydrogens is 627 g/mol.